The fraction of sp³-hybridized carbons (Fsp3) is 0.625. The van der Waals surface area contributed by atoms with E-state index in [1.807, 2.05) is 0 Å². The van der Waals surface area contributed by atoms with Crippen molar-refractivity contribution >= 4 is 10.0 Å². The van der Waals surface area contributed by atoms with E-state index in [1.54, 1.807) is 13.8 Å². The predicted octanol–water partition coefficient (Wildman–Crippen LogP) is -0.183. The highest BCUT2D eigenvalue weighted by atomic mass is 32.2. The highest BCUT2D eigenvalue weighted by Gasteiger charge is 2.26. The summed E-state index contributed by atoms with van der Waals surface area (Å²) in [4.78, 5) is 0. The Kier molecular flexibility index (Phi) is 3.48. The molecule has 0 amide bonds. The van der Waals surface area contributed by atoms with Gasteiger partial charge in [0.15, 0.2) is 5.03 Å². The zero-order chi connectivity index (χ0) is 11.6. The van der Waals surface area contributed by atoms with Crippen molar-refractivity contribution in [1.29, 1.82) is 0 Å². The van der Waals surface area contributed by atoms with Gasteiger partial charge in [0, 0.05) is 31.4 Å². The summed E-state index contributed by atoms with van der Waals surface area (Å²) in [7, 11) is -1.99. The fourth-order valence-electron chi connectivity index (χ4n) is 1.20. The minimum absolute atomic E-state index is 0.0341. The summed E-state index contributed by atoms with van der Waals surface area (Å²) in [5.41, 5.74) is 6.74. The van der Waals surface area contributed by atoms with Crippen molar-refractivity contribution < 1.29 is 8.42 Å². The van der Waals surface area contributed by atoms with Crippen LogP contribution < -0.4 is 5.73 Å². The molecule has 0 atom stereocenters. The summed E-state index contributed by atoms with van der Waals surface area (Å²) in [6, 6.07) is 0. The monoisotopic (exact) mass is 232 g/mol. The highest BCUT2D eigenvalue weighted by Crippen LogP contribution is 2.18. The van der Waals surface area contributed by atoms with Crippen molar-refractivity contribution in [3.8, 4) is 0 Å². The first-order valence-electron chi connectivity index (χ1n) is 4.65. The molecule has 3 N–H and O–H groups in total. The lowest BCUT2D eigenvalue weighted by atomic mass is 10.3. The van der Waals surface area contributed by atoms with Crippen molar-refractivity contribution in [3.05, 3.63) is 11.3 Å². The van der Waals surface area contributed by atoms with Crippen molar-refractivity contribution in [2.45, 2.75) is 25.4 Å². The molecule has 1 heterocycles. The smallest absolute Gasteiger partial charge is 0.262 e. The maximum Gasteiger partial charge on any atom is 0.262 e. The Morgan fingerprint density at radius 2 is 2.13 bits per heavy atom. The van der Waals surface area contributed by atoms with Crippen LogP contribution in [0.1, 0.15) is 18.2 Å². The van der Waals surface area contributed by atoms with E-state index in [4.69, 9.17) is 5.73 Å². The SMILES string of the molecule is CCN(C)S(=O)(=O)c1n[nH]c(C)c1CN. The van der Waals surface area contributed by atoms with Crippen LogP contribution in [0.2, 0.25) is 0 Å². The molecule has 0 aliphatic carbocycles. The normalized spacial score (nSPS) is 12.3. The Morgan fingerprint density at radius 1 is 1.53 bits per heavy atom. The van der Waals surface area contributed by atoms with E-state index in [9.17, 15) is 8.42 Å². The van der Waals surface area contributed by atoms with Gasteiger partial charge in [-0.2, -0.15) is 9.40 Å². The van der Waals surface area contributed by atoms with Crippen LogP contribution in [0.4, 0.5) is 0 Å². The molecule has 0 unspecified atom stereocenters. The number of hydrogen-bond acceptors (Lipinski definition) is 4. The Hall–Kier alpha value is -0.920. The van der Waals surface area contributed by atoms with Gasteiger partial charge in [-0.15, -0.1) is 0 Å². The largest absolute Gasteiger partial charge is 0.326 e. The number of aryl methyl sites for hydroxylation is 1. The van der Waals surface area contributed by atoms with Crippen molar-refractivity contribution in [3.63, 3.8) is 0 Å². The van der Waals surface area contributed by atoms with Gasteiger partial charge in [0.1, 0.15) is 0 Å². The molecule has 0 radical (unpaired) electrons. The molecule has 0 fully saturated rings. The first kappa shape index (κ1) is 12.2. The lowest BCUT2D eigenvalue weighted by Crippen LogP contribution is -2.28. The second kappa shape index (κ2) is 4.30. The minimum atomic E-state index is -3.50. The van der Waals surface area contributed by atoms with Gasteiger partial charge in [0.2, 0.25) is 0 Å². The van der Waals surface area contributed by atoms with E-state index in [-0.39, 0.29) is 11.6 Å². The average Bonchev–Trinajstić information content (AvgIpc) is 2.58. The molecule has 0 bridgehead atoms. The number of sulfonamides is 1. The summed E-state index contributed by atoms with van der Waals surface area (Å²) in [5.74, 6) is 0. The van der Waals surface area contributed by atoms with Gasteiger partial charge < -0.3 is 5.73 Å². The van der Waals surface area contributed by atoms with Gasteiger partial charge in [-0.1, -0.05) is 6.92 Å². The molecule has 1 rings (SSSR count). The number of aromatic nitrogens is 2. The predicted molar refractivity (Wildman–Crippen MR) is 56.7 cm³/mol. The van der Waals surface area contributed by atoms with Crippen LogP contribution in [0.3, 0.4) is 0 Å². The number of aromatic amines is 1. The van der Waals surface area contributed by atoms with Crippen molar-refractivity contribution in [2.75, 3.05) is 13.6 Å². The van der Waals surface area contributed by atoms with E-state index in [1.165, 1.54) is 11.4 Å². The average molecular weight is 232 g/mol. The number of hydrogen-bond donors (Lipinski definition) is 2. The number of nitrogens with zero attached hydrogens (tertiary/aromatic N) is 2. The number of nitrogens with one attached hydrogen (secondary N) is 1. The number of nitrogens with two attached hydrogens (primary N) is 1. The first-order chi connectivity index (χ1) is 6.95. The van der Waals surface area contributed by atoms with Crippen LogP contribution in [0.5, 0.6) is 0 Å². The Morgan fingerprint density at radius 3 is 2.60 bits per heavy atom. The third-order valence-electron chi connectivity index (χ3n) is 2.34. The Labute approximate surface area is 89.5 Å². The van der Waals surface area contributed by atoms with Gasteiger partial charge >= 0.3 is 0 Å². The van der Waals surface area contributed by atoms with Crippen LogP contribution in [0.25, 0.3) is 0 Å². The van der Waals surface area contributed by atoms with Crippen molar-refractivity contribution in [1.82, 2.24) is 14.5 Å². The molecule has 6 nitrogen and oxygen atoms in total. The fourth-order valence-corrected chi connectivity index (χ4v) is 2.55. The minimum Gasteiger partial charge on any atom is -0.326 e. The van der Waals surface area contributed by atoms with Crippen LogP contribution in [-0.4, -0.2) is 36.5 Å². The van der Waals surface area contributed by atoms with Gasteiger partial charge in [-0.25, -0.2) is 8.42 Å². The quantitative estimate of drug-likeness (QED) is 0.753. The molecule has 86 valence electrons. The van der Waals surface area contributed by atoms with Gasteiger partial charge in [0.05, 0.1) is 0 Å². The summed E-state index contributed by atoms with van der Waals surface area (Å²) in [6.07, 6.45) is 0. The molecule has 1 aromatic heterocycles. The third-order valence-corrected chi connectivity index (χ3v) is 4.25. The van der Waals surface area contributed by atoms with Gasteiger partial charge in [0.25, 0.3) is 10.0 Å². The maximum absolute atomic E-state index is 11.9. The molecule has 0 aliphatic rings. The zero-order valence-electron chi connectivity index (χ0n) is 9.11. The van der Waals surface area contributed by atoms with Crippen molar-refractivity contribution in [2.24, 2.45) is 5.73 Å². The number of rotatable bonds is 4. The van der Waals surface area contributed by atoms with Gasteiger partial charge in [-0.3, -0.25) is 5.10 Å². The van der Waals surface area contributed by atoms with E-state index in [2.05, 4.69) is 10.2 Å². The molecule has 0 saturated carbocycles. The van der Waals surface area contributed by atoms with Gasteiger partial charge in [-0.05, 0) is 6.92 Å². The second-order valence-corrected chi connectivity index (χ2v) is 5.22. The molecule has 15 heavy (non-hydrogen) atoms. The maximum atomic E-state index is 11.9. The Balaban J connectivity index is 3.27. The summed E-state index contributed by atoms with van der Waals surface area (Å²) >= 11 is 0. The summed E-state index contributed by atoms with van der Waals surface area (Å²) in [6.45, 7) is 4.08. The molecule has 7 heteroatoms. The van der Waals surface area contributed by atoms with Crippen LogP contribution in [0, 0.1) is 6.92 Å². The second-order valence-electron chi connectivity index (χ2n) is 3.26. The first-order valence-corrected chi connectivity index (χ1v) is 6.09. The summed E-state index contributed by atoms with van der Waals surface area (Å²) < 4.78 is 25.1. The molecule has 0 aliphatic heterocycles. The van der Waals surface area contributed by atoms with E-state index in [0.29, 0.717) is 17.8 Å². The van der Waals surface area contributed by atoms with Crippen LogP contribution in [-0.2, 0) is 16.6 Å². The lowest BCUT2D eigenvalue weighted by molar-refractivity contribution is 0.482. The molecule has 0 saturated heterocycles. The van der Waals surface area contributed by atoms with E-state index in [0.717, 1.165) is 0 Å². The van der Waals surface area contributed by atoms with Crippen LogP contribution in [0.15, 0.2) is 5.03 Å². The highest BCUT2D eigenvalue weighted by molar-refractivity contribution is 7.89. The standard InChI is InChI=1S/C8H16N4O2S/c1-4-12(3)15(13,14)8-7(5-9)6(2)10-11-8/h4-5,9H2,1-3H3,(H,10,11). The Bertz CT molecular complexity index is 437. The molecular weight excluding hydrogens is 216 g/mol. The third kappa shape index (κ3) is 2.04. The van der Waals surface area contributed by atoms with E-state index < -0.39 is 10.0 Å². The lowest BCUT2D eigenvalue weighted by Gasteiger charge is -2.13. The molecule has 0 aromatic carbocycles. The summed E-state index contributed by atoms with van der Waals surface area (Å²) in [5, 5.41) is 6.46. The molecule has 0 spiro atoms. The van der Waals surface area contributed by atoms with E-state index >= 15 is 0 Å². The molecule has 1 aromatic rings. The number of H-pyrrole nitrogens is 1. The molecular formula is C8H16N4O2S. The topological polar surface area (TPSA) is 92.1 Å². The zero-order valence-corrected chi connectivity index (χ0v) is 9.93. The van der Waals surface area contributed by atoms with Crippen LogP contribution >= 0.6 is 0 Å².